The Morgan fingerprint density at radius 2 is 1.80 bits per heavy atom. The molecule has 3 aromatic rings. The van der Waals surface area contributed by atoms with E-state index < -0.39 is 47.2 Å². The first kappa shape index (κ1) is 21.5. The monoisotopic (exact) mass is 427 g/mol. The molecule has 30 heavy (non-hydrogen) atoms. The van der Waals surface area contributed by atoms with Crippen molar-refractivity contribution in [3.05, 3.63) is 59.4 Å². The number of amides is 1. The van der Waals surface area contributed by atoms with Gasteiger partial charge < -0.3 is 5.73 Å². The van der Waals surface area contributed by atoms with E-state index in [0.29, 0.717) is 0 Å². The van der Waals surface area contributed by atoms with Gasteiger partial charge in [-0.1, -0.05) is 12.1 Å². The van der Waals surface area contributed by atoms with E-state index in [-0.39, 0.29) is 22.3 Å². The Morgan fingerprint density at radius 3 is 2.37 bits per heavy atom. The first-order valence-electron chi connectivity index (χ1n) is 8.67. The molecule has 0 fully saturated rings. The Bertz CT molecular complexity index is 1110. The molecule has 0 aliphatic heterocycles. The van der Waals surface area contributed by atoms with E-state index in [0.717, 1.165) is 18.2 Å². The van der Waals surface area contributed by atoms with Crippen LogP contribution in [0.1, 0.15) is 29.2 Å². The van der Waals surface area contributed by atoms with Crippen LogP contribution < -0.4 is 5.73 Å². The average Bonchev–Trinajstić information content (AvgIpc) is 2.63. The quantitative estimate of drug-likeness (QED) is 0.586. The number of benzene rings is 1. The third kappa shape index (κ3) is 4.22. The molecule has 0 radical (unpaired) electrons. The number of carbonyl (C=O) groups excluding carboxylic acids is 1. The number of para-hydroxylation sites is 1. The summed E-state index contributed by atoms with van der Waals surface area (Å²) in [6, 6.07) is 6.96. The molecule has 1 aromatic carbocycles. The minimum absolute atomic E-state index is 0.130. The van der Waals surface area contributed by atoms with E-state index >= 15 is 0 Å². The molecule has 0 saturated heterocycles. The second kappa shape index (κ2) is 7.58. The number of hydrogen-bond donors (Lipinski definition) is 1. The molecule has 10 heteroatoms. The van der Waals surface area contributed by atoms with Crippen LogP contribution in [0.25, 0.3) is 22.2 Å². The zero-order chi connectivity index (χ0) is 22.3. The molecule has 158 valence electrons. The average molecular weight is 427 g/mol. The van der Waals surface area contributed by atoms with Crippen LogP contribution in [0.3, 0.4) is 0 Å². The highest BCUT2D eigenvalue weighted by molar-refractivity contribution is 5.87. The van der Waals surface area contributed by atoms with Crippen molar-refractivity contribution >= 4 is 16.8 Å². The fraction of sp³-hybridized carbons (Fsp3) is 0.250. The summed E-state index contributed by atoms with van der Waals surface area (Å²) in [6.45, 7) is 1.50. The van der Waals surface area contributed by atoms with Crippen molar-refractivity contribution in [2.75, 3.05) is 0 Å². The zero-order valence-corrected chi connectivity index (χ0v) is 15.5. The van der Waals surface area contributed by atoms with Crippen molar-refractivity contribution in [2.45, 2.75) is 31.6 Å². The van der Waals surface area contributed by atoms with Crippen LogP contribution in [-0.4, -0.2) is 22.1 Å². The molecule has 2 aromatic heterocycles. The lowest BCUT2D eigenvalue weighted by atomic mass is 9.89. The SMILES string of the molecule is Cc1ncccc1-c1nc2c(C(F)(F)F)cccc2cc1[C@@H](CC(N)=O)C(F)(F)F. The second-order valence-corrected chi connectivity index (χ2v) is 6.70. The first-order valence-corrected chi connectivity index (χ1v) is 8.67. The minimum Gasteiger partial charge on any atom is -0.370 e. The van der Waals surface area contributed by atoms with E-state index in [1.54, 1.807) is 0 Å². The lowest BCUT2D eigenvalue weighted by molar-refractivity contribution is -0.156. The van der Waals surface area contributed by atoms with E-state index in [1.165, 1.54) is 31.3 Å². The van der Waals surface area contributed by atoms with Crippen molar-refractivity contribution in [1.82, 2.24) is 9.97 Å². The van der Waals surface area contributed by atoms with Crippen molar-refractivity contribution in [3.63, 3.8) is 0 Å². The van der Waals surface area contributed by atoms with Crippen LogP contribution >= 0.6 is 0 Å². The van der Waals surface area contributed by atoms with Crippen LogP contribution in [0.4, 0.5) is 26.3 Å². The lowest BCUT2D eigenvalue weighted by Crippen LogP contribution is -2.27. The molecule has 0 spiro atoms. The number of halogens is 6. The number of rotatable bonds is 4. The number of aryl methyl sites for hydroxylation is 1. The predicted octanol–water partition coefficient (Wildman–Crippen LogP) is 5.15. The van der Waals surface area contributed by atoms with Gasteiger partial charge >= 0.3 is 12.4 Å². The number of hydrogen-bond acceptors (Lipinski definition) is 3. The van der Waals surface area contributed by atoms with Crippen LogP contribution in [-0.2, 0) is 11.0 Å². The summed E-state index contributed by atoms with van der Waals surface area (Å²) in [7, 11) is 0. The maximum atomic E-state index is 13.8. The van der Waals surface area contributed by atoms with Crippen molar-refractivity contribution in [1.29, 1.82) is 0 Å². The Hall–Kier alpha value is -3.17. The molecule has 2 heterocycles. The fourth-order valence-corrected chi connectivity index (χ4v) is 3.26. The highest BCUT2D eigenvalue weighted by Crippen LogP contribution is 2.44. The maximum Gasteiger partial charge on any atom is 0.418 e. The first-order chi connectivity index (χ1) is 13.9. The standard InChI is InChI=1S/C20H15F6N3O/c1-10-12(5-3-7-28-10)18-13(15(9-16(27)30)20(24,25)26)8-11-4-2-6-14(17(11)29-18)19(21,22)23/h2-8,15H,9H2,1H3,(H2,27,30)/t15-/m1/s1. The Kier molecular flexibility index (Phi) is 5.44. The number of aromatic nitrogens is 2. The number of fused-ring (bicyclic) bond motifs is 1. The number of nitrogens with zero attached hydrogens (tertiary/aromatic N) is 2. The lowest BCUT2D eigenvalue weighted by Gasteiger charge is -2.23. The van der Waals surface area contributed by atoms with Crippen LogP contribution in [0.15, 0.2) is 42.6 Å². The minimum atomic E-state index is -4.88. The summed E-state index contributed by atoms with van der Waals surface area (Å²) in [5, 5.41) is -0.135. The van der Waals surface area contributed by atoms with Gasteiger partial charge in [0.2, 0.25) is 5.91 Å². The van der Waals surface area contributed by atoms with Crippen LogP contribution in [0.5, 0.6) is 0 Å². The molecule has 0 bridgehead atoms. The molecule has 1 atom stereocenters. The van der Waals surface area contributed by atoms with Gasteiger partial charge in [-0.2, -0.15) is 26.3 Å². The van der Waals surface area contributed by atoms with Gasteiger partial charge in [-0.3, -0.25) is 9.78 Å². The Balaban J connectivity index is 2.42. The number of pyridine rings is 2. The van der Waals surface area contributed by atoms with Crippen LogP contribution in [0.2, 0.25) is 0 Å². The molecular formula is C20H15F6N3O. The van der Waals surface area contributed by atoms with Crippen molar-refractivity contribution in [3.8, 4) is 11.3 Å². The highest BCUT2D eigenvalue weighted by Gasteiger charge is 2.44. The van der Waals surface area contributed by atoms with Gasteiger partial charge in [0.25, 0.3) is 0 Å². The zero-order valence-electron chi connectivity index (χ0n) is 15.5. The Labute approximate surface area is 166 Å². The summed E-state index contributed by atoms with van der Waals surface area (Å²) >= 11 is 0. The predicted molar refractivity (Wildman–Crippen MR) is 97.3 cm³/mol. The summed E-state index contributed by atoms with van der Waals surface area (Å²) in [5.41, 5.74) is 3.09. The molecule has 0 aliphatic carbocycles. The van der Waals surface area contributed by atoms with Gasteiger partial charge in [-0.05, 0) is 36.8 Å². The molecule has 0 aliphatic rings. The molecule has 1 amide bonds. The normalized spacial score (nSPS) is 13.4. The highest BCUT2D eigenvalue weighted by atomic mass is 19.4. The number of alkyl halides is 6. The van der Waals surface area contributed by atoms with E-state index in [9.17, 15) is 31.1 Å². The van der Waals surface area contributed by atoms with Crippen molar-refractivity contribution < 1.29 is 31.1 Å². The Morgan fingerprint density at radius 1 is 1.10 bits per heavy atom. The van der Waals surface area contributed by atoms with Gasteiger partial charge in [0, 0.05) is 29.3 Å². The second-order valence-electron chi connectivity index (χ2n) is 6.70. The largest absolute Gasteiger partial charge is 0.418 e. The molecule has 4 nitrogen and oxygen atoms in total. The topological polar surface area (TPSA) is 68.9 Å². The smallest absolute Gasteiger partial charge is 0.370 e. The molecular weight excluding hydrogens is 412 g/mol. The fourth-order valence-electron chi connectivity index (χ4n) is 3.26. The summed E-state index contributed by atoms with van der Waals surface area (Å²) in [5.74, 6) is -3.54. The van der Waals surface area contributed by atoms with Crippen molar-refractivity contribution in [2.24, 2.45) is 5.73 Å². The number of carbonyl (C=O) groups is 1. The van der Waals surface area contributed by atoms with E-state index in [1.807, 2.05) is 0 Å². The van der Waals surface area contributed by atoms with Gasteiger partial charge in [-0.15, -0.1) is 0 Å². The van der Waals surface area contributed by atoms with E-state index in [2.05, 4.69) is 9.97 Å². The third-order valence-electron chi connectivity index (χ3n) is 4.62. The molecule has 0 saturated carbocycles. The molecule has 3 rings (SSSR count). The summed E-state index contributed by atoms with van der Waals surface area (Å²) < 4.78 is 81.8. The summed E-state index contributed by atoms with van der Waals surface area (Å²) in [4.78, 5) is 19.3. The van der Waals surface area contributed by atoms with Gasteiger partial charge in [0.05, 0.1) is 22.7 Å². The van der Waals surface area contributed by atoms with E-state index in [4.69, 9.17) is 5.73 Å². The summed E-state index contributed by atoms with van der Waals surface area (Å²) in [6.07, 6.45) is -9.31. The van der Waals surface area contributed by atoms with Gasteiger partial charge in [0.1, 0.15) is 0 Å². The molecule has 2 N–H and O–H groups in total. The number of primary amides is 1. The van der Waals surface area contributed by atoms with Gasteiger partial charge in [0.15, 0.2) is 0 Å². The van der Waals surface area contributed by atoms with Gasteiger partial charge in [-0.25, -0.2) is 4.98 Å². The van der Waals surface area contributed by atoms with Crippen LogP contribution in [0, 0.1) is 6.92 Å². The number of nitrogens with two attached hydrogens (primary N) is 1. The molecule has 0 unspecified atom stereocenters. The maximum absolute atomic E-state index is 13.8. The third-order valence-corrected chi connectivity index (χ3v) is 4.62.